The van der Waals surface area contributed by atoms with Gasteiger partial charge in [-0.2, -0.15) is 5.10 Å². The van der Waals surface area contributed by atoms with E-state index in [2.05, 4.69) is 15.5 Å². The second-order valence-electron chi connectivity index (χ2n) is 6.56. The molecule has 146 valence electrons. The van der Waals surface area contributed by atoms with Crippen molar-refractivity contribution in [3.05, 3.63) is 69.8 Å². The van der Waals surface area contributed by atoms with Crippen molar-refractivity contribution in [3.63, 3.8) is 0 Å². The summed E-state index contributed by atoms with van der Waals surface area (Å²) in [5, 5.41) is 11.6. The molecule has 1 aromatic carbocycles. The van der Waals surface area contributed by atoms with Gasteiger partial charge in [0.25, 0.3) is 5.56 Å². The molecule has 2 heterocycles. The van der Waals surface area contributed by atoms with Crippen LogP contribution in [-0.4, -0.2) is 32.6 Å². The Bertz CT molecular complexity index is 1040. The number of aromatic nitrogens is 4. The lowest BCUT2D eigenvalue weighted by Crippen LogP contribution is -2.37. The number of hydrogen-bond donors (Lipinski definition) is 1. The molecule has 2 aromatic heterocycles. The Morgan fingerprint density at radius 3 is 2.46 bits per heavy atom. The molecule has 0 aliphatic heterocycles. The highest BCUT2D eigenvalue weighted by Gasteiger charge is 2.18. The van der Waals surface area contributed by atoms with E-state index in [9.17, 15) is 9.59 Å². The lowest BCUT2D eigenvalue weighted by atomic mass is 10.2. The molecule has 3 rings (SSSR count). The maximum atomic E-state index is 12.6. The lowest BCUT2D eigenvalue weighted by molar-refractivity contribution is -0.124. The standard InChI is InChI=1S/C20H23N5O3/c1-13-11-14(2)24(22-13)18-9-10-19(26)25(23-18)15(3)20(27)21-12-16-5-7-17(28-4)8-6-16/h5-11,15H,12H2,1-4H3,(H,21,27). The van der Waals surface area contributed by atoms with E-state index in [1.54, 1.807) is 24.8 Å². The summed E-state index contributed by atoms with van der Waals surface area (Å²) in [6, 6.07) is 11.6. The van der Waals surface area contributed by atoms with Crippen LogP contribution in [0.1, 0.15) is 29.9 Å². The Labute approximate surface area is 162 Å². The van der Waals surface area contributed by atoms with Gasteiger partial charge in [0.05, 0.1) is 12.8 Å². The van der Waals surface area contributed by atoms with Crippen LogP contribution in [0, 0.1) is 13.8 Å². The first-order valence-corrected chi connectivity index (χ1v) is 8.93. The highest BCUT2D eigenvalue weighted by atomic mass is 16.5. The van der Waals surface area contributed by atoms with Crippen LogP contribution < -0.4 is 15.6 Å². The zero-order valence-electron chi connectivity index (χ0n) is 16.3. The molecular formula is C20H23N5O3. The number of carbonyl (C=O) groups excluding carboxylic acids is 1. The van der Waals surface area contributed by atoms with Crippen molar-refractivity contribution in [2.24, 2.45) is 0 Å². The normalized spacial score (nSPS) is 11.9. The second kappa shape index (κ2) is 8.08. The van der Waals surface area contributed by atoms with Gasteiger partial charge in [0.2, 0.25) is 5.91 Å². The third-order valence-corrected chi connectivity index (χ3v) is 4.41. The van der Waals surface area contributed by atoms with E-state index >= 15 is 0 Å². The van der Waals surface area contributed by atoms with Crippen molar-refractivity contribution in [1.82, 2.24) is 24.9 Å². The quantitative estimate of drug-likeness (QED) is 0.705. The second-order valence-corrected chi connectivity index (χ2v) is 6.56. The van der Waals surface area contributed by atoms with Gasteiger partial charge in [-0.3, -0.25) is 9.59 Å². The minimum Gasteiger partial charge on any atom is -0.497 e. The van der Waals surface area contributed by atoms with Crippen LogP contribution in [0.2, 0.25) is 0 Å². The predicted molar refractivity (Wildman–Crippen MR) is 105 cm³/mol. The van der Waals surface area contributed by atoms with Gasteiger partial charge in [0.15, 0.2) is 5.82 Å². The summed E-state index contributed by atoms with van der Waals surface area (Å²) in [7, 11) is 1.60. The Morgan fingerprint density at radius 1 is 1.14 bits per heavy atom. The molecule has 1 amide bonds. The van der Waals surface area contributed by atoms with Gasteiger partial charge < -0.3 is 10.1 Å². The smallest absolute Gasteiger partial charge is 0.267 e. The van der Waals surface area contributed by atoms with Crippen molar-refractivity contribution in [2.75, 3.05) is 7.11 Å². The van der Waals surface area contributed by atoms with E-state index in [4.69, 9.17) is 4.74 Å². The van der Waals surface area contributed by atoms with Crippen molar-refractivity contribution < 1.29 is 9.53 Å². The molecule has 0 saturated carbocycles. The number of benzene rings is 1. The summed E-state index contributed by atoms with van der Waals surface area (Å²) >= 11 is 0. The fourth-order valence-electron chi connectivity index (χ4n) is 2.86. The summed E-state index contributed by atoms with van der Waals surface area (Å²) < 4.78 is 7.94. The van der Waals surface area contributed by atoms with Crippen LogP contribution in [0.15, 0.2) is 47.3 Å². The van der Waals surface area contributed by atoms with Gasteiger partial charge in [-0.1, -0.05) is 12.1 Å². The fourth-order valence-corrected chi connectivity index (χ4v) is 2.86. The molecule has 8 heteroatoms. The van der Waals surface area contributed by atoms with Gasteiger partial charge in [0, 0.05) is 18.3 Å². The van der Waals surface area contributed by atoms with Crippen LogP contribution in [0.25, 0.3) is 5.82 Å². The van der Waals surface area contributed by atoms with Crippen LogP contribution in [0.5, 0.6) is 5.75 Å². The highest BCUT2D eigenvalue weighted by Crippen LogP contribution is 2.12. The molecule has 1 N–H and O–H groups in total. The molecule has 0 aliphatic rings. The number of carbonyl (C=O) groups is 1. The molecule has 0 saturated heterocycles. The summed E-state index contributed by atoms with van der Waals surface area (Å²) in [6.45, 7) is 5.78. The first-order valence-electron chi connectivity index (χ1n) is 8.93. The third-order valence-electron chi connectivity index (χ3n) is 4.41. The van der Waals surface area contributed by atoms with Crippen molar-refractivity contribution in [2.45, 2.75) is 33.4 Å². The zero-order valence-corrected chi connectivity index (χ0v) is 16.3. The molecule has 0 aliphatic carbocycles. The Kier molecular flexibility index (Phi) is 5.58. The highest BCUT2D eigenvalue weighted by molar-refractivity contribution is 5.79. The monoisotopic (exact) mass is 381 g/mol. The van der Waals surface area contributed by atoms with E-state index < -0.39 is 6.04 Å². The number of rotatable bonds is 6. The zero-order chi connectivity index (χ0) is 20.3. The number of aryl methyl sites for hydroxylation is 2. The molecule has 3 aromatic rings. The molecule has 0 fully saturated rings. The summed E-state index contributed by atoms with van der Waals surface area (Å²) in [4.78, 5) is 24.8. The molecule has 0 spiro atoms. The van der Waals surface area contributed by atoms with Crippen LogP contribution >= 0.6 is 0 Å². The van der Waals surface area contributed by atoms with E-state index in [1.165, 1.54) is 10.7 Å². The Hall–Kier alpha value is -3.42. The predicted octanol–water partition coefficient (Wildman–Crippen LogP) is 1.93. The molecule has 1 unspecified atom stereocenters. The van der Waals surface area contributed by atoms with Crippen LogP contribution in [0.3, 0.4) is 0 Å². The summed E-state index contributed by atoms with van der Waals surface area (Å²) in [5.74, 6) is 0.941. The largest absolute Gasteiger partial charge is 0.497 e. The van der Waals surface area contributed by atoms with Crippen LogP contribution in [-0.2, 0) is 11.3 Å². The minimum absolute atomic E-state index is 0.295. The third kappa shape index (κ3) is 4.11. The van der Waals surface area contributed by atoms with E-state index in [0.29, 0.717) is 12.4 Å². The number of methoxy groups -OCH3 is 1. The van der Waals surface area contributed by atoms with Gasteiger partial charge in [-0.25, -0.2) is 9.36 Å². The Balaban J connectivity index is 1.76. The maximum Gasteiger partial charge on any atom is 0.267 e. The molecule has 0 radical (unpaired) electrons. The van der Waals surface area contributed by atoms with Gasteiger partial charge >= 0.3 is 0 Å². The molecule has 0 bridgehead atoms. The topological polar surface area (TPSA) is 91.0 Å². The van der Waals surface area contributed by atoms with E-state index in [0.717, 1.165) is 22.7 Å². The number of ether oxygens (including phenoxy) is 1. The number of hydrogen-bond acceptors (Lipinski definition) is 5. The van der Waals surface area contributed by atoms with Gasteiger partial charge in [-0.15, -0.1) is 5.10 Å². The molecular weight excluding hydrogens is 358 g/mol. The first kappa shape index (κ1) is 19.3. The van der Waals surface area contributed by atoms with Crippen molar-refractivity contribution >= 4 is 5.91 Å². The average Bonchev–Trinajstić information content (AvgIpc) is 3.04. The fraction of sp³-hybridized carbons (Fsp3) is 0.300. The van der Waals surface area contributed by atoms with Gasteiger partial charge in [-0.05, 0) is 50.6 Å². The average molecular weight is 381 g/mol. The SMILES string of the molecule is COc1ccc(CNC(=O)C(C)n2nc(-n3nc(C)cc3C)ccc2=O)cc1. The van der Waals surface area contributed by atoms with Gasteiger partial charge in [0.1, 0.15) is 11.8 Å². The summed E-state index contributed by atoms with van der Waals surface area (Å²) in [6.07, 6.45) is 0. The molecule has 8 nitrogen and oxygen atoms in total. The van der Waals surface area contributed by atoms with Crippen LogP contribution in [0.4, 0.5) is 0 Å². The maximum absolute atomic E-state index is 12.6. The van der Waals surface area contributed by atoms with Crippen molar-refractivity contribution in [1.29, 1.82) is 0 Å². The van der Waals surface area contributed by atoms with Crippen molar-refractivity contribution in [3.8, 4) is 11.6 Å². The molecule has 1 atom stereocenters. The number of nitrogens with zero attached hydrogens (tertiary/aromatic N) is 4. The number of amides is 1. The lowest BCUT2D eigenvalue weighted by Gasteiger charge is -2.15. The molecule has 28 heavy (non-hydrogen) atoms. The minimum atomic E-state index is -0.761. The number of nitrogens with one attached hydrogen (secondary N) is 1. The summed E-state index contributed by atoms with van der Waals surface area (Å²) in [5.41, 5.74) is 2.32. The van der Waals surface area contributed by atoms with E-state index in [1.807, 2.05) is 44.2 Å². The van der Waals surface area contributed by atoms with E-state index in [-0.39, 0.29) is 11.5 Å². The first-order chi connectivity index (χ1) is 13.4. The Morgan fingerprint density at radius 2 is 1.86 bits per heavy atom.